The molecule has 2 atom stereocenters. The van der Waals surface area contributed by atoms with Gasteiger partial charge in [0.05, 0.1) is 0 Å². The van der Waals surface area contributed by atoms with Gasteiger partial charge >= 0.3 is 0 Å². The number of unbranched alkanes of at least 4 members (excludes halogenated alkanes) is 2. The van der Waals surface area contributed by atoms with Crippen LogP contribution in [0, 0.1) is 17.8 Å². The summed E-state index contributed by atoms with van der Waals surface area (Å²) in [7, 11) is 0. The maximum absolute atomic E-state index is 5.80. The van der Waals surface area contributed by atoms with Gasteiger partial charge in [-0.3, -0.25) is 5.01 Å². The highest BCUT2D eigenvalue weighted by atomic mass is 15.5. The average molecular weight is 529 g/mol. The highest BCUT2D eigenvalue weighted by Crippen LogP contribution is 2.36. The van der Waals surface area contributed by atoms with Crippen LogP contribution in [0.15, 0.2) is 5.10 Å². The largest absolute Gasteiger partial charge is 0.294 e. The Hall–Kier alpha value is -0.530. The van der Waals surface area contributed by atoms with Crippen LogP contribution < -0.4 is 0 Å². The van der Waals surface area contributed by atoms with Crippen molar-refractivity contribution in [2.75, 3.05) is 6.54 Å². The molecule has 3 aliphatic rings. The van der Waals surface area contributed by atoms with Crippen molar-refractivity contribution < 1.29 is 0 Å². The Labute approximate surface area is 239 Å². The van der Waals surface area contributed by atoms with E-state index in [4.69, 9.17) is 5.10 Å². The second-order valence-electron chi connectivity index (χ2n) is 13.7. The van der Waals surface area contributed by atoms with Crippen molar-refractivity contribution in [2.24, 2.45) is 22.9 Å². The maximum Gasteiger partial charge on any atom is 0.0470 e. The molecule has 2 aliphatic carbocycles. The summed E-state index contributed by atoms with van der Waals surface area (Å²) in [6, 6.07) is 0.694. The van der Waals surface area contributed by atoms with Gasteiger partial charge in [0.1, 0.15) is 0 Å². The van der Waals surface area contributed by atoms with Crippen molar-refractivity contribution in [3.8, 4) is 0 Å². The molecule has 222 valence electrons. The van der Waals surface area contributed by atoms with Crippen molar-refractivity contribution >= 4 is 5.71 Å². The Morgan fingerprint density at radius 2 is 0.974 bits per heavy atom. The summed E-state index contributed by atoms with van der Waals surface area (Å²) in [5.74, 6) is 2.49. The predicted molar refractivity (Wildman–Crippen MR) is 169 cm³/mol. The molecule has 0 spiro atoms. The van der Waals surface area contributed by atoms with E-state index in [1.54, 1.807) is 5.71 Å². The van der Waals surface area contributed by atoms with E-state index in [9.17, 15) is 0 Å². The summed E-state index contributed by atoms with van der Waals surface area (Å²) in [5, 5.41) is 8.57. The Morgan fingerprint density at radius 3 is 1.45 bits per heavy atom. The average Bonchev–Trinajstić information content (AvgIpc) is 3.10. The number of nitrogens with zero attached hydrogens (tertiary/aromatic N) is 2. The van der Waals surface area contributed by atoms with Crippen molar-refractivity contribution in [2.45, 2.75) is 200 Å². The van der Waals surface area contributed by atoms with Crippen molar-refractivity contribution in [3.63, 3.8) is 0 Å². The van der Waals surface area contributed by atoms with Gasteiger partial charge in [0, 0.05) is 18.3 Å². The highest BCUT2D eigenvalue weighted by molar-refractivity contribution is 5.87. The molecule has 2 heteroatoms. The second kappa shape index (κ2) is 20.4. The molecule has 1 aliphatic heterocycles. The third-order valence-electron chi connectivity index (χ3n) is 10.5. The summed E-state index contributed by atoms with van der Waals surface area (Å²) in [4.78, 5) is 0. The summed E-state index contributed by atoms with van der Waals surface area (Å²) in [5.41, 5.74) is 1.66. The fourth-order valence-electron chi connectivity index (χ4n) is 7.91. The minimum absolute atomic E-state index is 0.694. The maximum atomic E-state index is 5.80. The van der Waals surface area contributed by atoms with Crippen LogP contribution in [-0.4, -0.2) is 23.3 Å². The van der Waals surface area contributed by atoms with E-state index in [0.717, 1.165) is 17.8 Å². The minimum atomic E-state index is 0.694. The first kappa shape index (κ1) is 32.0. The first-order chi connectivity index (χ1) is 18.8. The van der Waals surface area contributed by atoms with Gasteiger partial charge in [0.15, 0.2) is 0 Å². The zero-order valence-electron chi connectivity index (χ0n) is 26.2. The highest BCUT2D eigenvalue weighted by Gasteiger charge is 2.33. The lowest BCUT2D eigenvalue weighted by molar-refractivity contribution is 0.129. The molecule has 1 heterocycles. The SMILES string of the molecule is CCCCC1CC(C2CCCCCCCCC2)=NN(C2CCCCCCCCCCCC2)CC1CCCC. The van der Waals surface area contributed by atoms with Gasteiger partial charge in [0.2, 0.25) is 0 Å². The van der Waals surface area contributed by atoms with Gasteiger partial charge in [-0.2, -0.15) is 5.10 Å². The zero-order chi connectivity index (χ0) is 26.7. The van der Waals surface area contributed by atoms with E-state index in [-0.39, 0.29) is 0 Å². The van der Waals surface area contributed by atoms with Crippen LogP contribution in [0.25, 0.3) is 0 Å². The monoisotopic (exact) mass is 529 g/mol. The first-order valence-electron chi connectivity index (χ1n) is 18.2. The number of hydrazone groups is 1. The van der Waals surface area contributed by atoms with Gasteiger partial charge in [-0.25, -0.2) is 0 Å². The summed E-state index contributed by atoms with van der Waals surface area (Å²) >= 11 is 0. The lowest BCUT2D eigenvalue weighted by Crippen LogP contribution is -2.36. The second-order valence-corrected chi connectivity index (χ2v) is 13.7. The number of rotatable bonds is 8. The third-order valence-corrected chi connectivity index (χ3v) is 10.5. The van der Waals surface area contributed by atoms with E-state index in [1.807, 2.05) is 0 Å². The topological polar surface area (TPSA) is 15.6 Å². The molecule has 3 rings (SSSR count). The Balaban J connectivity index is 1.82. The van der Waals surface area contributed by atoms with E-state index >= 15 is 0 Å². The molecule has 0 aromatic heterocycles. The van der Waals surface area contributed by atoms with Gasteiger partial charge in [-0.05, 0) is 62.7 Å². The van der Waals surface area contributed by atoms with Crippen molar-refractivity contribution in [1.29, 1.82) is 0 Å². The quantitative estimate of drug-likeness (QED) is 0.306. The van der Waals surface area contributed by atoms with Crippen LogP contribution in [0.5, 0.6) is 0 Å². The molecule has 2 unspecified atom stereocenters. The number of hydrogen-bond donors (Lipinski definition) is 0. The van der Waals surface area contributed by atoms with E-state index in [1.165, 1.54) is 186 Å². The normalized spacial score (nSPS) is 27.4. The fraction of sp³-hybridized carbons (Fsp3) is 0.972. The van der Waals surface area contributed by atoms with Crippen molar-refractivity contribution in [1.82, 2.24) is 5.01 Å². The lowest BCUT2D eigenvalue weighted by Gasteiger charge is -2.34. The Kier molecular flexibility index (Phi) is 17.1. The molecule has 2 fully saturated rings. The Morgan fingerprint density at radius 1 is 0.553 bits per heavy atom. The number of hydrogen-bond acceptors (Lipinski definition) is 2. The van der Waals surface area contributed by atoms with E-state index in [2.05, 4.69) is 18.9 Å². The van der Waals surface area contributed by atoms with Crippen LogP contribution in [0.3, 0.4) is 0 Å². The van der Waals surface area contributed by atoms with Crippen LogP contribution in [-0.2, 0) is 0 Å². The smallest absolute Gasteiger partial charge is 0.0470 e. The molecule has 2 saturated carbocycles. The van der Waals surface area contributed by atoms with Crippen LogP contribution in [0.4, 0.5) is 0 Å². The molecule has 2 nitrogen and oxygen atoms in total. The predicted octanol–water partition coefficient (Wildman–Crippen LogP) is 11.9. The molecular formula is C36H68N2. The summed E-state index contributed by atoms with van der Waals surface area (Å²) in [6.45, 7) is 6.05. The van der Waals surface area contributed by atoms with Crippen molar-refractivity contribution in [3.05, 3.63) is 0 Å². The molecule has 0 bridgehead atoms. The first-order valence-corrected chi connectivity index (χ1v) is 18.2. The Bertz CT molecular complexity index is 574. The molecule has 0 radical (unpaired) electrons. The molecule has 0 aromatic rings. The molecule has 0 N–H and O–H groups in total. The van der Waals surface area contributed by atoms with Gasteiger partial charge in [0.25, 0.3) is 0 Å². The molecular weight excluding hydrogens is 460 g/mol. The minimum Gasteiger partial charge on any atom is -0.294 e. The molecule has 0 amide bonds. The van der Waals surface area contributed by atoms with E-state index < -0.39 is 0 Å². The van der Waals surface area contributed by atoms with Crippen LogP contribution in [0.1, 0.15) is 194 Å². The lowest BCUT2D eigenvalue weighted by atomic mass is 9.78. The van der Waals surface area contributed by atoms with Crippen LogP contribution in [0.2, 0.25) is 0 Å². The van der Waals surface area contributed by atoms with Gasteiger partial charge < -0.3 is 0 Å². The van der Waals surface area contributed by atoms with E-state index in [0.29, 0.717) is 6.04 Å². The third kappa shape index (κ3) is 12.3. The molecule has 0 saturated heterocycles. The fourth-order valence-corrected chi connectivity index (χ4v) is 7.91. The standard InChI is InChI=1S/C36H68N2/c1-3-5-24-33-30-36(32-26-20-16-12-11-13-17-21-27-32)37-38(31-34(33)25-6-4-2)35-28-22-18-14-9-7-8-10-15-19-23-29-35/h32-35H,3-31H2,1-2H3. The molecule has 0 aromatic carbocycles. The molecule has 38 heavy (non-hydrogen) atoms. The zero-order valence-corrected chi connectivity index (χ0v) is 26.2. The van der Waals surface area contributed by atoms with Gasteiger partial charge in [-0.15, -0.1) is 0 Å². The summed E-state index contributed by atoms with van der Waals surface area (Å²) < 4.78 is 0. The van der Waals surface area contributed by atoms with Gasteiger partial charge in [-0.1, -0.05) is 149 Å². The summed E-state index contributed by atoms with van der Waals surface area (Å²) in [6.07, 6.45) is 40.0. The van der Waals surface area contributed by atoms with Crippen LogP contribution >= 0.6 is 0 Å².